The summed E-state index contributed by atoms with van der Waals surface area (Å²) >= 11 is 1.34. The van der Waals surface area contributed by atoms with Gasteiger partial charge in [-0.15, -0.1) is 10.2 Å². The molecule has 0 bridgehead atoms. The van der Waals surface area contributed by atoms with Crippen molar-refractivity contribution in [2.45, 2.75) is 49.6 Å². The predicted octanol–water partition coefficient (Wildman–Crippen LogP) is 1.96. The van der Waals surface area contributed by atoms with E-state index in [4.69, 9.17) is 0 Å². The average molecular weight is 450 g/mol. The molecule has 2 unspecified atom stereocenters. The fourth-order valence-corrected chi connectivity index (χ4v) is 6.36. The van der Waals surface area contributed by atoms with Crippen molar-refractivity contribution in [1.29, 1.82) is 0 Å². The van der Waals surface area contributed by atoms with Gasteiger partial charge in [0.25, 0.3) is 0 Å². The minimum atomic E-state index is -3.03. The first-order valence-electron chi connectivity index (χ1n) is 10.3. The second-order valence-electron chi connectivity index (χ2n) is 8.02. The van der Waals surface area contributed by atoms with Crippen molar-refractivity contribution in [2.75, 3.05) is 29.5 Å². The lowest BCUT2D eigenvalue weighted by atomic mass is 10.2. The maximum absolute atomic E-state index is 12.7. The first-order chi connectivity index (χ1) is 14.3. The zero-order chi connectivity index (χ0) is 21.3. The van der Waals surface area contributed by atoms with Gasteiger partial charge in [-0.3, -0.25) is 9.36 Å². The lowest BCUT2D eigenvalue weighted by molar-refractivity contribution is -0.120. The molecule has 10 heteroatoms. The minimum Gasteiger partial charge on any atom is -0.351 e. The molecule has 1 aromatic carbocycles. The lowest BCUT2D eigenvalue weighted by Crippen LogP contribution is -2.40. The first-order valence-corrected chi connectivity index (χ1v) is 13.0. The second kappa shape index (κ2) is 8.58. The Morgan fingerprint density at radius 3 is 2.53 bits per heavy atom. The van der Waals surface area contributed by atoms with Gasteiger partial charge < -0.3 is 10.2 Å². The monoisotopic (exact) mass is 449 g/mol. The number of rotatable bonds is 6. The van der Waals surface area contributed by atoms with Gasteiger partial charge in [-0.05, 0) is 45.2 Å². The number of benzene rings is 1. The number of amides is 1. The molecule has 0 aliphatic carbocycles. The number of nitrogens with one attached hydrogen (secondary N) is 1. The Balaban J connectivity index is 1.54. The Hall–Kier alpha value is -2.07. The molecule has 0 spiro atoms. The van der Waals surface area contributed by atoms with Gasteiger partial charge >= 0.3 is 0 Å². The van der Waals surface area contributed by atoms with Crippen molar-refractivity contribution in [1.82, 2.24) is 20.1 Å². The highest BCUT2D eigenvalue weighted by atomic mass is 32.2. The standard InChI is InChI=1S/C20H27N5O3S2/c1-14-5-7-17(8-6-14)25-19(24-10-3-4-11-24)22-23-20(25)29-15(2)18(26)21-16-9-12-30(27,28)13-16/h5-8,15-16H,3-4,9-13H2,1-2H3,(H,21,26). The summed E-state index contributed by atoms with van der Waals surface area (Å²) in [6, 6.07) is 7.87. The van der Waals surface area contributed by atoms with E-state index in [1.165, 1.54) is 17.3 Å². The highest BCUT2D eigenvalue weighted by Crippen LogP contribution is 2.31. The van der Waals surface area contributed by atoms with Crippen LogP contribution in [0.5, 0.6) is 0 Å². The molecule has 162 valence electrons. The summed E-state index contributed by atoms with van der Waals surface area (Å²) in [5, 5.41) is 11.9. The van der Waals surface area contributed by atoms with Gasteiger partial charge in [-0.25, -0.2) is 8.42 Å². The zero-order valence-electron chi connectivity index (χ0n) is 17.2. The van der Waals surface area contributed by atoms with Crippen LogP contribution in [0.3, 0.4) is 0 Å². The number of hydrogen-bond donors (Lipinski definition) is 1. The van der Waals surface area contributed by atoms with E-state index >= 15 is 0 Å². The number of aromatic nitrogens is 3. The molecule has 30 heavy (non-hydrogen) atoms. The summed E-state index contributed by atoms with van der Waals surface area (Å²) in [5.74, 6) is 0.784. The maximum Gasteiger partial charge on any atom is 0.233 e. The molecule has 0 saturated carbocycles. The van der Waals surface area contributed by atoms with Crippen LogP contribution < -0.4 is 10.2 Å². The number of carbonyl (C=O) groups is 1. The van der Waals surface area contributed by atoms with Gasteiger partial charge in [0.1, 0.15) is 0 Å². The molecule has 4 rings (SSSR count). The van der Waals surface area contributed by atoms with Crippen LogP contribution in [0.25, 0.3) is 5.69 Å². The SMILES string of the molecule is Cc1ccc(-n2c(SC(C)C(=O)NC3CCS(=O)(=O)C3)nnc2N2CCCC2)cc1. The molecule has 2 aliphatic heterocycles. The van der Waals surface area contributed by atoms with E-state index in [0.29, 0.717) is 11.6 Å². The fourth-order valence-electron chi connectivity index (χ4n) is 3.82. The van der Waals surface area contributed by atoms with Crippen molar-refractivity contribution < 1.29 is 13.2 Å². The van der Waals surface area contributed by atoms with E-state index in [2.05, 4.69) is 20.4 Å². The fraction of sp³-hybridized carbons (Fsp3) is 0.550. The normalized spacial score (nSPS) is 21.7. The van der Waals surface area contributed by atoms with Gasteiger partial charge in [-0.1, -0.05) is 29.5 Å². The van der Waals surface area contributed by atoms with Gasteiger partial charge in [0.15, 0.2) is 15.0 Å². The van der Waals surface area contributed by atoms with Crippen molar-refractivity contribution in [2.24, 2.45) is 0 Å². The number of nitrogens with zero attached hydrogens (tertiary/aromatic N) is 4. The van der Waals surface area contributed by atoms with Gasteiger partial charge in [-0.2, -0.15) is 0 Å². The molecule has 2 aromatic rings. The quantitative estimate of drug-likeness (QED) is 0.673. The Kier molecular flexibility index (Phi) is 6.06. The van der Waals surface area contributed by atoms with Crippen LogP contribution in [0.2, 0.25) is 0 Å². The summed E-state index contributed by atoms with van der Waals surface area (Å²) in [7, 11) is -3.03. The molecule has 0 radical (unpaired) electrons. The molecule has 2 saturated heterocycles. The molecule has 2 fully saturated rings. The largest absolute Gasteiger partial charge is 0.351 e. The van der Waals surface area contributed by atoms with Crippen LogP contribution in [-0.2, 0) is 14.6 Å². The first kappa shape index (κ1) is 21.2. The van der Waals surface area contributed by atoms with E-state index in [1.54, 1.807) is 0 Å². The van der Waals surface area contributed by atoms with Crippen LogP contribution in [0.1, 0.15) is 31.7 Å². The van der Waals surface area contributed by atoms with Gasteiger partial charge in [0.2, 0.25) is 11.9 Å². The smallest absolute Gasteiger partial charge is 0.233 e. The zero-order valence-corrected chi connectivity index (χ0v) is 18.9. The predicted molar refractivity (Wildman–Crippen MR) is 118 cm³/mol. The second-order valence-corrected chi connectivity index (χ2v) is 11.6. The van der Waals surface area contributed by atoms with Crippen LogP contribution >= 0.6 is 11.8 Å². The van der Waals surface area contributed by atoms with E-state index in [-0.39, 0.29) is 23.5 Å². The molecular formula is C20H27N5O3S2. The Morgan fingerprint density at radius 2 is 1.90 bits per heavy atom. The maximum atomic E-state index is 12.7. The van der Waals surface area contributed by atoms with Crippen molar-refractivity contribution in [3.8, 4) is 5.69 Å². The van der Waals surface area contributed by atoms with Crippen molar-refractivity contribution in [3.63, 3.8) is 0 Å². The molecule has 2 atom stereocenters. The number of aryl methyl sites for hydroxylation is 1. The summed E-state index contributed by atoms with van der Waals surface area (Å²) in [4.78, 5) is 14.9. The third-order valence-electron chi connectivity index (χ3n) is 5.53. The highest BCUT2D eigenvalue weighted by molar-refractivity contribution is 8.00. The van der Waals surface area contributed by atoms with Crippen LogP contribution in [0, 0.1) is 6.92 Å². The molecular weight excluding hydrogens is 422 g/mol. The summed E-state index contributed by atoms with van der Waals surface area (Å²) < 4.78 is 25.3. The number of carbonyl (C=O) groups excluding carboxylic acids is 1. The Bertz CT molecular complexity index is 1010. The van der Waals surface area contributed by atoms with Crippen LogP contribution in [0.15, 0.2) is 29.4 Å². The van der Waals surface area contributed by atoms with Crippen LogP contribution in [0.4, 0.5) is 5.95 Å². The molecule has 1 amide bonds. The third-order valence-corrected chi connectivity index (χ3v) is 8.34. The molecule has 8 nitrogen and oxygen atoms in total. The molecule has 2 aliphatic rings. The van der Waals surface area contributed by atoms with E-state index in [1.807, 2.05) is 42.7 Å². The number of sulfone groups is 1. The van der Waals surface area contributed by atoms with E-state index < -0.39 is 15.1 Å². The lowest BCUT2D eigenvalue weighted by Gasteiger charge is -2.19. The van der Waals surface area contributed by atoms with Gasteiger partial charge in [0, 0.05) is 19.1 Å². The van der Waals surface area contributed by atoms with Gasteiger partial charge in [0.05, 0.1) is 22.4 Å². The van der Waals surface area contributed by atoms with E-state index in [0.717, 1.165) is 37.6 Å². The number of hydrogen-bond acceptors (Lipinski definition) is 7. The molecule has 1 N–H and O–H groups in total. The highest BCUT2D eigenvalue weighted by Gasteiger charge is 2.31. The molecule has 3 heterocycles. The third kappa shape index (κ3) is 4.64. The average Bonchev–Trinajstić information content (AvgIpc) is 3.42. The van der Waals surface area contributed by atoms with Crippen LogP contribution in [-0.4, -0.2) is 65.0 Å². The summed E-state index contributed by atoms with van der Waals surface area (Å²) in [6.07, 6.45) is 2.74. The Labute approximate surface area is 181 Å². The van der Waals surface area contributed by atoms with E-state index in [9.17, 15) is 13.2 Å². The van der Waals surface area contributed by atoms with Crippen molar-refractivity contribution >= 4 is 33.5 Å². The topological polar surface area (TPSA) is 97.2 Å². The molecule has 1 aromatic heterocycles. The summed E-state index contributed by atoms with van der Waals surface area (Å²) in [5.41, 5.74) is 2.13. The minimum absolute atomic E-state index is 0.0226. The van der Waals surface area contributed by atoms with Crippen molar-refractivity contribution in [3.05, 3.63) is 29.8 Å². The number of anilines is 1. The number of thioether (sulfide) groups is 1. The summed E-state index contributed by atoms with van der Waals surface area (Å²) in [6.45, 7) is 5.75. The Morgan fingerprint density at radius 1 is 1.20 bits per heavy atom.